The van der Waals surface area contributed by atoms with Gasteiger partial charge in [-0.05, 0) is 73.2 Å². The highest BCUT2D eigenvalue weighted by atomic mass is 35.5. The first kappa shape index (κ1) is 16.1. The molecule has 0 fully saturated rings. The first-order chi connectivity index (χ1) is 11.7. The molecule has 0 aliphatic rings. The average molecular weight is 337 g/mol. The summed E-state index contributed by atoms with van der Waals surface area (Å²) < 4.78 is 5.80. The average Bonchev–Trinajstić information content (AvgIpc) is 2.60. The molecule has 0 aliphatic heterocycles. The maximum atomic E-state index is 5.84. The van der Waals surface area contributed by atoms with Crippen molar-refractivity contribution in [3.8, 4) is 11.5 Å². The Balaban J connectivity index is 1.58. The quantitative estimate of drug-likeness (QED) is 0.465. The van der Waals surface area contributed by atoms with E-state index in [9.17, 15) is 0 Å². The zero-order valence-electron chi connectivity index (χ0n) is 13.2. The summed E-state index contributed by atoms with van der Waals surface area (Å²) in [5.41, 5.74) is 6.03. The second kappa shape index (κ2) is 7.66. The van der Waals surface area contributed by atoms with Gasteiger partial charge in [-0.25, -0.2) is 0 Å². The lowest BCUT2D eigenvalue weighted by atomic mass is 10.2. The highest BCUT2D eigenvalue weighted by Gasteiger charge is 1.97. The van der Waals surface area contributed by atoms with Crippen LogP contribution in [-0.4, -0.2) is 6.21 Å². The van der Waals surface area contributed by atoms with Gasteiger partial charge < -0.3 is 4.74 Å². The van der Waals surface area contributed by atoms with Gasteiger partial charge in [0.15, 0.2) is 0 Å². The SMILES string of the molecule is Cc1ccc(Oc2ccc(C=NNc3ccc(Cl)cc3)cc2)cc1. The molecule has 3 aromatic carbocycles. The highest BCUT2D eigenvalue weighted by molar-refractivity contribution is 6.30. The number of anilines is 1. The number of hydrogen-bond donors (Lipinski definition) is 1. The van der Waals surface area contributed by atoms with Crippen molar-refractivity contribution >= 4 is 23.5 Å². The van der Waals surface area contributed by atoms with Crippen LogP contribution in [0.25, 0.3) is 0 Å². The summed E-state index contributed by atoms with van der Waals surface area (Å²) in [6.45, 7) is 2.05. The molecule has 120 valence electrons. The summed E-state index contributed by atoms with van der Waals surface area (Å²) in [5, 5.41) is 4.91. The van der Waals surface area contributed by atoms with Crippen LogP contribution in [-0.2, 0) is 0 Å². The minimum Gasteiger partial charge on any atom is -0.457 e. The Labute approximate surface area is 146 Å². The van der Waals surface area contributed by atoms with Gasteiger partial charge in [0, 0.05) is 5.02 Å². The van der Waals surface area contributed by atoms with E-state index in [-0.39, 0.29) is 0 Å². The maximum Gasteiger partial charge on any atom is 0.127 e. The minimum absolute atomic E-state index is 0.702. The van der Waals surface area contributed by atoms with Crippen molar-refractivity contribution in [1.29, 1.82) is 0 Å². The number of aryl methyl sites for hydroxylation is 1. The van der Waals surface area contributed by atoms with E-state index in [1.807, 2.05) is 72.8 Å². The highest BCUT2D eigenvalue weighted by Crippen LogP contribution is 2.21. The van der Waals surface area contributed by atoms with E-state index < -0.39 is 0 Å². The van der Waals surface area contributed by atoms with Crippen LogP contribution in [0, 0.1) is 6.92 Å². The Morgan fingerprint density at radius 1 is 0.833 bits per heavy atom. The van der Waals surface area contributed by atoms with Crippen LogP contribution in [0.1, 0.15) is 11.1 Å². The number of hydrogen-bond acceptors (Lipinski definition) is 3. The first-order valence-electron chi connectivity index (χ1n) is 7.58. The topological polar surface area (TPSA) is 33.6 Å². The number of hydrazone groups is 1. The zero-order chi connectivity index (χ0) is 16.8. The van der Waals surface area contributed by atoms with Gasteiger partial charge in [-0.2, -0.15) is 5.10 Å². The number of nitrogens with zero attached hydrogens (tertiary/aromatic N) is 1. The van der Waals surface area contributed by atoms with Crippen molar-refractivity contribution in [2.45, 2.75) is 6.92 Å². The predicted octanol–water partition coefficient (Wildman–Crippen LogP) is 5.89. The Morgan fingerprint density at radius 2 is 1.42 bits per heavy atom. The molecule has 3 aromatic rings. The van der Waals surface area contributed by atoms with E-state index >= 15 is 0 Å². The van der Waals surface area contributed by atoms with E-state index in [1.165, 1.54) is 5.56 Å². The third-order valence-corrected chi connectivity index (χ3v) is 3.64. The van der Waals surface area contributed by atoms with E-state index in [0.29, 0.717) is 5.02 Å². The summed E-state index contributed by atoms with van der Waals surface area (Å²) in [6.07, 6.45) is 1.75. The van der Waals surface area contributed by atoms with Crippen molar-refractivity contribution in [3.05, 3.63) is 88.9 Å². The molecule has 0 unspecified atom stereocenters. The van der Waals surface area contributed by atoms with Gasteiger partial charge in [0.25, 0.3) is 0 Å². The van der Waals surface area contributed by atoms with Gasteiger partial charge >= 0.3 is 0 Å². The molecule has 0 aromatic heterocycles. The summed E-state index contributed by atoms with van der Waals surface area (Å²) >= 11 is 5.84. The maximum absolute atomic E-state index is 5.84. The Hall–Kier alpha value is -2.78. The standard InChI is InChI=1S/C20H17ClN2O/c1-15-2-10-19(11-3-15)24-20-12-4-16(5-13-20)14-22-23-18-8-6-17(21)7-9-18/h2-14,23H,1H3. The summed E-state index contributed by atoms with van der Waals surface area (Å²) in [4.78, 5) is 0. The van der Waals surface area contributed by atoms with Gasteiger partial charge in [0.05, 0.1) is 11.9 Å². The number of halogens is 1. The molecule has 0 saturated heterocycles. The van der Waals surface area contributed by atoms with Crippen LogP contribution in [0.2, 0.25) is 5.02 Å². The summed E-state index contributed by atoms with van der Waals surface area (Å²) in [6, 6.07) is 23.1. The molecule has 0 spiro atoms. The van der Waals surface area contributed by atoms with E-state index in [0.717, 1.165) is 22.7 Å². The molecule has 4 heteroatoms. The van der Waals surface area contributed by atoms with Gasteiger partial charge in [0.2, 0.25) is 0 Å². The van der Waals surface area contributed by atoms with Crippen LogP contribution in [0.15, 0.2) is 77.9 Å². The van der Waals surface area contributed by atoms with Gasteiger partial charge in [0.1, 0.15) is 11.5 Å². The normalized spacial score (nSPS) is 10.8. The fraction of sp³-hybridized carbons (Fsp3) is 0.0500. The lowest BCUT2D eigenvalue weighted by Crippen LogP contribution is -1.90. The van der Waals surface area contributed by atoms with Crippen molar-refractivity contribution in [2.24, 2.45) is 5.10 Å². The molecule has 0 aliphatic carbocycles. The van der Waals surface area contributed by atoms with Crippen molar-refractivity contribution in [3.63, 3.8) is 0 Å². The lowest BCUT2D eigenvalue weighted by Gasteiger charge is -2.06. The molecule has 0 saturated carbocycles. The van der Waals surface area contributed by atoms with Crippen molar-refractivity contribution in [1.82, 2.24) is 0 Å². The predicted molar refractivity (Wildman–Crippen MR) is 100 cm³/mol. The first-order valence-corrected chi connectivity index (χ1v) is 7.96. The fourth-order valence-corrected chi connectivity index (χ4v) is 2.20. The molecule has 0 radical (unpaired) electrons. The minimum atomic E-state index is 0.702. The molecule has 0 amide bonds. The van der Waals surface area contributed by atoms with E-state index in [2.05, 4.69) is 17.5 Å². The molecule has 0 heterocycles. The van der Waals surface area contributed by atoms with E-state index in [4.69, 9.17) is 16.3 Å². The third-order valence-electron chi connectivity index (χ3n) is 3.39. The molecule has 24 heavy (non-hydrogen) atoms. The smallest absolute Gasteiger partial charge is 0.127 e. The number of rotatable bonds is 5. The van der Waals surface area contributed by atoms with Crippen molar-refractivity contribution in [2.75, 3.05) is 5.43 Å². The Bertz CT molecular complexity index is 810. The Morgan fingerprint density at radius 3 is 2.04 bits per heavy atom. The number of nitrogens with one attached hydrogen (secondary N) is 1. The van der Waals surface area contributed by atoms with Crippen LogP contribution in [0.4, 0.5) is 5.69 Å². The van der Waals surface area contributed by atoms with Crippen LogP contribution in [0.3, 0.4) is 0 Å². The molecule has 0 atom stereocenters. The molecular formula is C20H17ClN2O. The zero-order valence-corrected chi connectivity index (χ0v) is 14.0. The molecule has 3 rings (SSSR count). The molecular weight excluding hydrogens is 320 g/mol. The Kier molecular flexibility index (Phi) is 5.14. The van der Waals surface area contributed by atoms with Crippen LogP contribution < -0.4 is 10.2 Å². The fourth-order valence-electron chi connectivity index (χ4n) is 2.07. The lowest BCUT2D eigenvalue weighted by molar-refractivity contribution is 0.482. The summed E-state index contributed by atoms with van der Waals surface area (Å²) in [7, 11) is 0. The monoisotopic (exact) mass is 336 g/mol. The number of benzene rings is 3. The molecule has 1 N–H and O–H groups in total. The van der Waals surface area contributed by atoms with Crippen molar-refractivity contribution < 1.29 is 4.74 Å². The second-order valence-electron chi connectivity index (χ2n) is 5.36. The second-order valence-corrected chi connectivity index (χ2v) is 5.80. The van der Waals surface area contributed by atoms with Gasteiger partial charge in [-0.1, -0.05) is 29.3 Å². The van der Waals surface area contributed by atoms with Crippen LogP contribution >= 0.6 is 11.6 Å². The van der Waals surface area contributed by atoms with Crippen LogP contribution in [0.5, 0.6) is 11.5 Å². The molecule has 3 nitrogen and oxygen atoms in total. The summed E-state index contributed by atoms with van der Waals surface area (Å²) in [5.74, 6) is 1.62. The van der Waals surface area contributed by atoms with Gasteiger partial charge in [-0.3, -0.25) is 5.43 Å². The van der Waals surface area contributed by atoms with Gasteiger partial charge in [-0.15, -0.1) is 0 Å². The largest absolute Gasteiger partial charge is 0.457 e. The number of ether oxygens (including phenoxy) is 1. The molecule has 0 bridgehead atoms. The third kappa shape index (κ3) is 4.61. The van der Waals surface area contributed by atoms with E-state index in [1.54, 1.807) is 6.21 Å².